The quantitative estimate of drug-likeness (QED) is 0.790. The Labute approximate surface area is 96.4 Å². The first-order valence-electron chi connectivity index (χ1n) is 4.66. The fraction of sp³-hybridized carbons (Fsp3) is 0.0909. The Hall–Kier alpha value is -1.72. The number of aliphatic hydroxyl groups excluding tert-OH is 1. The Morgan fingerprint density at radius 2 is 2.31 bits per heavy atom. The van der Waals surface area contributed by atoms with Crippen molar-refractivity contribution in [2.75, 3.05) is 12.3 Å². The minimum atomic E-state index is -0.521. The number of hydrogen-bond acceptors (Lipinski definition) is 5. The molecule has 5 heteroatoms. The smallest absolute Gasteiger partial charge is 0.200 e. The predicted octanol–water partition coefficient (Wildman–Crippen LogP) is 1.57. The summed E-state index contributed by atoms with van der Waals surface area (Å²) in [4.78, 5) is 15.9. The van der Waals surface area contributed by atoms with Crippen molar-refractivity contribution in [2.45, 2.75) is 0 Å². The summed E-state index contributed by atoms with van der Waals surface area (Å²) < 4.78 is 0. The average Bonchev–Trinajstić information content (AvgIpc) is 2.71. The van der Waals surface area contributed by atoms with Crippen LogP contribution in [0.25, 0.3) is 11.3 Å². The van der Waals surface area contributed by atoms with Gasteiger partial charge in [0.15, 0.2) is 5.78 Å². The second kappa shape index (κ2) is 4.42. The standard InChI is InChI=1S/C11H10N2O2S/c12-10-7(8-3-1-2-4-13-8)6-16-11(10)9(15)5-14/h1-4,6,14H,5,12H2. The molecular formula is C11H10N2O2S. The van der Waals surface area contributed by atoms with Crippen LogP contribution in [-0.2, 0) is 0 Å². The number of nitrogen functional groups attached to an aromatic ring is 1. The normalized spacial score (nSPS) is 10.3. The van der Waals surface area contributed by atoms with Gasteiger partial charge in [0.2, 0.25) is 0 Å². The van der Waals surface area contributed by atoms with Crippen LogP contribution in [0.2, 0.25) is 0 Å². The second-order valence-electron chi connectivity index (χ2n) is 3.19. The van der Waals surface area contributed by atoms with Gasteiger partial charge in [-0.25, -0.2) is 0 Å². The summed E-state index contributed by atoms with van der Waals surface area (Å²) in [5.74, 6) is -0.357. The molecule has 0 fully saturated rings. The molecular weight excluding hydrogens is 224 g/mol. The van der Waals surface area contributed by atoms with Gasteiger partial charge in [-0.3, -0.25) is 9.78 Å². The molecule has 0 atom stereocenters. The summed E-state index contributed by atoms with van der Waals surface area (Å²) in [7, 11) is 0. The number of thiophene rings is 1. The second-order valence-corrected chi connectivity index (χ2v) is 4.07. The van der Waals surface area contributed by atoms with Crippen LogP contribution in [0.15, 0.2) is 29.8 Å². The van der Waals surface area contributed by atoms with Gasteiger partial charge in [0.05, 0.1) is 16.3 Å². The van der Waals surface area contributed by atoms with E-state index in [0.29, 0.717) is 10.6 Å². The van der Waals surface area contributed by atoms with Crippen LogP contribution in [0.5, 0.6) is 0 Å². The summed E-state index contributed by atoms with van der Waals surface area (Å²) >= 11 is 1.23. The zero-order valence-corrected chi connectivity index (χ0v) is 9.20. The van der Waals surface area contributed by atoms with E-state index < -0.39 is 6.61 Å². The number of carbonyl (C=O) groups is 1. The monoisotopic (exact) mass is 234 g/mol. The third-order valence-corrected chi connectivity index (χ3v) is 3.20. The fourth-order valence-corrected chi connectivity index (χ4v) is 2.29. The van der Waals surface area contributed by atoms with Gasteiger partial charge >= 0.3 is 0 Å². The topological polar surface area (TPSA) is 76.2 Å². The highest BCUT2D eigenvalue weighted by molar-refractivity contribution is 7.13. The highest BCUT2D eigenvalue weighted by atomic mass is 32.1. The van der Waals surface area contributed by atoms with E-state index in [-0.39, 0.29) is 5.78 Å². The first kappa shape index (κ1) is 10.8. The lowest BCUT2D eigenvalue weighted by Gasteiger charge is -1.99. The molecule has 0 amide bonds. The van der Waals surface area contributed by atoms with Crippen LogP contribution in [-0.4, -0.2) is 22.5 Å². The maximum Gasteiger partial charge on any atom is 0.200 e. The first-order valence-corrected chi connectivity index (χ1v) is 5.54. The average molecular weight is 234 g/mol. The molecule has 0 saturated carbocycles. The van der Waals surface area contributed by atoms with Crippen molar-refractivity contribution < 1.29 is 9.90 Å². The molecule has 0 aliphatic heterocycles. The number of pyridine rings is 1. The summed E-state index contributed by atoms with van der Waals surface area (Å²) in [6.45, 7) is -0.521. The van der Waals surface area contributed by atoms with E-state index in [1.54, 1.807) is 11.6 Å². The lowest BCUT2D eigenvalue weighted by atomic mass is 10.1. The summed E-state index contributed by atoms with van der Waals surface area (Å²) in [5, 5.41) is 10.6. The Kier molecular flexibility index (Phi) is 2.98. The molecule has 3 N–H and O–H groups in total. The lowest BCUT2D eigenvalue weighted by molar-refractivity contribution is 0.0908. The van der Waals surface area contributed by atoms with E-state index in [1.165, 1.54) is 11.3 Å². The minimum absolute atomic E-state index is 0.357. The number of rotatable bonds is 3. The number of anilines is 1. The van der Waals surface area contributed by atoms with Crippen molar-refractivity contribution in [3.63, 3.8) is 0 Å². The van der Waals surface area contributed by atoms with Gasteiger partial charge in [0.1, 0.15) is 6.61 Å². The molecule has 0 radical (unpaired) electrons. The lowest BCUT2D eigenvalue weighted by Crippen LogP contribution is -2.04. The summed E-state index contributed by atoms with van der Waals surface area (Å²) in [6, 6.07) is 5.49. The van der Waals surface area contributed by atoms with Crippen molar-refractivity contribution >= 4 is 22.8 Å². The summed E-state index contributed by atoms with van der Waals surface area (Å²) in [6.07, 6.45) is 1.67. The van der Waals surface area contributed by atoms with Crippen LogP contribution >= 0.6 is 11.3 Å². The Morgan fingerprint density at radius 3 is 2.94 bits per heavy atom. The number of ketones is 1. The number of aliphatic hydroxyl groups is 1. The van der Waals surface area contributed by atoms with Gasteiger partial charge in [-0.05, 0) is 12.1 Å². The SMILES string of the molecule is Nc1c(-c2ccccn2)csc1C(=O)CO. The van der Waals surface area contributed by atoms with Crippen molar-refractivity contribution in [1.82, 2.24) is 4.98 Å². The molecule has 2 aromatic rings. The van der Waals surface area contributed by atoms with Crippen LogP contribution in [0.4, 0.5) is 5.69 Å². The van der Waals surface area contributed by atoms with Crippen LogP contribution in [0, 0.1) is 0 Å². The molecule has 2 aromatic heterocycles. The highest BCUT2D eigenvalue weighted by Gasteiger charge is 2.16. The van der Waals surface area contributed by atoms with Crippen molar-refractivity contribution in [2.24, 2.45) is 0 Å². The molecule has 0 spiro atoms. The largest absolute Gasteiger partial charge is 0.397 e. The van der Waals surface area contributed by atoms with Crippen molar-refractivity contribution in [1.29, 1.82) is 0 Å². The van der Waals surface area contributed by atoms with Gasteiger partial charge in [-0.1, -0.05) is 6.07 Å². The Balaban J connectivity index is 2.45. The molecule has 16 heavy (non-hydrogen) atoms. The Bertz CT molecular complexity index is 508. The number of carbonyl (C=O) groups excluding carboxylic acids is 1. The fourth-order valence-electron chi connectivity index (χ4n) is 1.38. The zero-order chi connectivity index (χ0) is 11.5. The van der Waals surface area contributed by atoms with Crippen molar-refractivity contribution in [3.05, 3.63) is 34.7 Å². The molecule has 0 bridgehead atoms. The maximum atomic E-state index is 11.3. The van der Waals surface area contributed by atoms with Crippen LogP contribution in [0.1, 0.15) is 9.67 Å². The van der Waals surface area contributed by atoms with E-state index in [9.17, 15) is 4.79 Å². The third kappa shape index (κ3) is 1.82. The number of aromatic nitrogens is 1. The van der Waals surface area contributed by atoms with E-state index >= 15 is 0 Å². The molecule has 0 unspecified atom stereocenters. The van der Waals surface area contributed by atoms with Crippen LogP contribution < -0.4 is 5.73 Å². The van der Waals surface area contributed by atoms with E-state index in [0.717, 1.165) is 11.3 Å². The minimum Gasteiger partial charge on any atom is -0.397 e. The molecule has 0 aliphatic carbocycles. The van der Waals surface area contributed by atoms with Gasteiger partial charge in [-0.15, -0.1) is 11.3 Å². The van der Waals surface area contributed by atoms with Gasteiger partial charge in [0, 0.05) is 17.1 Å². The van der Waals surface area contributed by atoms with E-state index in [4.69, 9.17) is 10.8 Å². The predicted molar refractivity (Wildman–Crippen MR) is 63.4 cm³/mol. The number of hydrogen-bond donors (Lipinski definition) is 2. The van der Waals surface area contributed by atoms with E-state index in [1.807, 2.05) is 18.2 Å². The molecule has 2 heterocycles. The third-order valence-electron chi connectivity index (χ3n) is 2.17. The molecule has 2 rings (SSSR count). The number of nitrogens with two attached hydrogens (primary N) is 1. The molecule has 0 saturated heterocycles. The first-order chi connectivity index (χ1) is 7.74. The molecule has 4 nitrogen and oxygen atoms in total. The number of Topliss-reactive ketones (excluding diaryl/α,β-unsaturated/α-hetero) is 1. The maximum absolute atomic E-state index is 11.3. The van der Waals surface area contributed by atoms with Gasteiger partial charge < -0.3 is 10.8 Å². The van der Waals surface area contributed by atoms with Crippen molar-refractivity contribution in [3.8, 4) is 11.3 Å². The Morgan fingerprint density at radius 1 is 1.50 bits per heavy atom. The molecule has 82 valence electrons. The number of nitrogens with zero attached hydrogens (tertiary/aromatic N) is 1. The van der Waals surface area contributed by atoms with Gasteiger partial charge in [0.25, 0.3) is 0 Å². The van der Waals surface area contributed by atoms with Crippen LogP contribution in [0.3, 0.4) is 0 Å². The highest BCUT2D eigenvalue weighted by Crippen LogP contribution is 2.32. The zero-order valence-electron chi connectivity index (χ0n) is 8.38. The molecule has 0 aromatic carbocycles. The van der Waals surface area contributed by atoms with E-state index in [2.05, 4.69) is 4.98 Å². The summed E-state index contributed by atoms with van der Waals surface area (Å²) in [5.41, 5.74) is 7.71. The molecule has 0 aliphatic rings. The van der Waals surface area contributed by atoms with Gasteiger partial charge in [-0.2, -0.15) is 0 Å².